The minimum atomic E-state index is -0.0588. The summed E-state index contributed by atoms with van der Waals surface area (Å²) in [6.07, 6.45) is 14.3. The van der Waals surface area contributed by atoms with Crippen LogP contribution in [-0.2, 0) is 9.47 Å². The lowest BCUT2D eigenvalue weighted by Gasteiger charge is -2.34. The van der Waals surface area contributed by atoms with Crippen molar-refractivity contribution in [3.8, 4) is 12.3 Å². The summed E-state index contributed by atoms with van der Waals surface area (Å²) >= 11 is 0. The topological polar surface area (TPSA) is 18.5 Å². The van der Waals surface area contributed by atoms with Crippen LogP contribution in [0.4, 0.5) is 0 Å². The summed E-state index contributed by atoms with van der Waals surface area (Å²) in [7, 11) is 0. The van der Waals surface area contributed by atoms with E-state index in [2.05, 4.69) is 5.92 Å². The second-order valence-electron chi connectivity index (χ2n) is 4.69. The molecule has 1 aliphatic heterocycles. The lowest BCUT2D eigenvalue weighted by Crippen LogP contribution is -2.36. The average Bonchev–Trinajstić information content (AvgIpc) is 2.69. The van der Waals surface area contributed by atoms with Crippen molar-refractivity contribution in [1.82, 2.24) is 0 Å². The molecule has 1 aliphatic carbocycles. The molecule has 0 aromatic rings. The van der Waals surface area contributed by atoms with Crippen molar-refractivity contribution in [2.24, 2.45) is 0 Å². The van der Waals surface area contributed by atoms with Gasteiger partial charge in [-0.3, -0.25) is 0 Å². The van der Waals surface area contributed by atoms with Gasteiger partial charge in [0.25, 0.3) is 0 Å². The van der Waals surface area contributed by atoms with E-state index >= 15 is 0 Å². The van der Waals surface area contributed by atoms with Crippen molar-refractivity contribution in [3.63, 3.8) is 0 Å². The van der Waals surface area contributed by atoms with Crippen molar-refractivity contribution < 1.29 is 9.47 Å². The molecular weight excluding hydrogens is 188 g/mol. The van der Waals surface area contributed by atoms with E-state index in [9.17, 15) is 0 Å². The second kappa shape index (κ2) is 5.01. The minimum absolute atomic E-state index is 0.00481. The lowest BCUT2D eigenvalue weighted by molar-refractivity contribution is -0.222. The smallest absolute Gasteiger partial charge is 0.158 e. The average molecular weight is 208 g/mol. The van der Waals surface area contributed by atoms with E-state index in [1.54, 1.807) is 0 Å². The monoisotopic (exact) mass is 208 g/mol. The predicted octanol–water partition coefficient (Wildman–Crippen LogP) is 2.87. The zero-order valence-corrected chi connectivity index (χ0v) is 9.34. The van der Waals surface area contributed by atoms with E-state index in [-0.39, 0.29) is 11.9 Å². The first kappa shape index (κ1) is 11.0. The van der Waals surface area contributed by atoms with Crippen LogP contribution in [0.2, 0.25) is 0 Å². The fraction of sp³-hybridized carbons (Fsp3) is 0.846. The summed E-state index contributed by atoms with van der Waals surface area (Å²) in [6, 6.07) is 0. The minimum Gasteiger partial charge on any atom is -0.353 e. The molecule has 84 valence electrons. The van der Waals surface area contributed by atoms with E-state index in [1.807, 2.05) is 0 Å². The summed E-state index contributed by atoms with van der Waals surface area (Å²) in [4.78, 5) is 0. The fourth-order valence-corrected chi connectivity index (χ4v) is 2.62. The van der Waals surface area contributed by atoms with Crippen molar-refractivity contribution >= 4 is 0 Å². The summed E-state index contributed by atoms with van der Waals surface area (Å²) in [6.45, 7) is 0.844. The molecule has 0 bridgehead atoms. The van der Waals surface area contributed by atoms with Gasteiger partial charge in [0.05, 0.1) is 5.60 Å². The third-order valence-corrected chi connectivity index (χ3v) is 3.46. The van der Waals surface area contributed by atoms with Gasteiger partial charge in [0.2, 0.25) is 0 Å². The molecule has 2 fully saturated rings. The second-order valence-corrected chi connectivity index (χ2v) is 4.69. The summed E-state index contributed by atoms with van der Waals surface area (Å²) < 4.78 is 11.7. The Balaban J connectivity index is 1.91. The maximum atomic E-state index is 6.12. The van der Waals surface area contributed by atoms with Gasteiger partial charge in [-0.2, -0.15) is 0 Å². The molecule has 15 heavy (non-hydrogen) atoms. The van der Waals surface area contributed by atoms with Crippen LogP contribution in [0.1, 0.15) is 51.4 Å². The van der Waals surface area contributed by atoms with Gasteiger partial charge in [-0.05, 0) is 32.1 Å². The van der Waals surface area contributed by atoms with Crippen LogP contribution >= 0.6 is 0 Å². The van der Waals surface area contributed by atoms with Crippen LogP contribution in [-0.4, -0.2) is 18.5 Å². The molecule has 2 aliphatic rings. The SMILES string of the molecule is C#CCC1(OC2CCCCO2)CCCC1. The molecule has 0 N–H and O–H groups in total. The maximum Gasteiger partial charge on any atom is 0.158 e. The third kappa shape index (κ3) is 2.74. The molecule has 2 rings (SSSR count). The van der Waals surface area contributed by atoms with Gasteiger partial charge in [0.1, 0.15) is 0 Å². The Labute approximate surface area is 92.3 Å². The van der Waals surface area contributed by atoms with Gasteiger partial charge >= 0.3 is 0 Å². The molecule has 0 radical (unpaired) electrons. The van der Waals surface area contributed by atoms with Crippen molar-refractivity contribution in [2.45, 2.75) is 63.3 Å². The van der Waals surface area contributed by atoms with Gasteiger partial charge in [-0.25, -0.2) is 0 Å². The number of hydrogen-bond acceptors (Lipinski definition) is 2. The summed E-state index contributed by atoms with van der Waals surface area (Å²) in [5.41, 5.74) is -0.0588. The first-order valence-electron chi connectivity index (χ1n) is 6.08. The summed E-state index contributed by atoms with van der Waals surface area (Å²) in [5, 5.41) is 0. The van der Waals surface area contributed by atoms with Crippen LogP contribution in [0, 0.1) is 12.3 Å². The highest BCUT2D eigenvalue weighted by molar-refractivity contribution is 4.99. The largest absolute Gasteiger partial charge is 0.353 e. The molecule has 2 heteroatoms. The van der Waals surface area contributed by atoms with E-state index in [0.29, 0.717) is 0 Å². The van der Waals surface area contributed by atoms with Crippen LogP contribution < -0.4 is 0 Å². The highest BCUT2D eigenvalue weighted by atomic mass is 16.7. The zero-order valence-electron chi connectivity index (χ0n) is 9.34. The Bertz CT molecular complexity index is 229. The quantitative estimate of drug-likeness (QED) is 0.664. The van der Waals surface area contributed by atoms with Gasteiger partial charge < -0.3 is 9.47 Å². The Morgan fingerprint density at radius 3 is 2.67 bits per heavy atom. The number of terminal acetylenes is 1. The number of ether oxygens (including phenoxy) is 2. The standard InChI is InChI=1S/C13H20O2/c1-2-8-13(9-4-5-10-13)15-12-7-3-6-11-14-12/h1,12H,3-11H2. The first-order valence-corrected chi connectivity index (χ1v) is 6.08. The Morgan fingerprint density at radius 1 is 1.27 bits per heavy atom. The molecule has 1 atom stereocenters. The number of rotatable bonds is 3. The molecule has 0 aromatic heterocycles. The zero-order chi connectivity index (χ0) is 10.6. The first-order chi connectivity index (χ1) is 7.35. The summed E-state index contributed by atoms with van der Waals surface area (Å²) in [5.74, 6) is 2.76. The molecule has 0 amide bonds. The maximum absolute atomic E-state index is 6.12. The molecule has 1 heterocycles. The van der Waals surface area contributed by atoms with E-state index in [0.717, 1.165) is 32.3 Å². The van der Waals surface area contributed by atoms with Crippen LogP contribution in [0.25, 0.3) is 0 Å². The van der Waals surface area contributed by atoms with Crippen LogP contribution in [0.15, 0.2) is 0 Å². The van der Waals surface area contributed by atoms with Crippen molar-refractivity contribution in [2.75, 3.05) is 6.61 Å². The van der Waals surface area contributed by atoms with Crippen LogP contribution in [0.3, 0.4) is 0 Å². The molecule has 0 aromatic carbocycles. The van der Waals surface area contributed by atoms with Crippen molar-refractivity contribution in [1.29, 1.82) is 0 Å². The Hall–Kier alpha value is -0.520. The van der Waals surface area contributed by atoms with E-state index in [1.165, 1.54) is 25.7 Å². The third-order valence-electron chi connectivity index (χ3n) is 3.46. The van der Waals surface area contributed by atoms with Gasteiger partial charge in [-0.15, -0.1) is 12.3 Å². The van der Waals surface area contributed by atoms with Crippen LogP contribution in [0.5, 0.6) is 0 Å². The molecule has 1 saturated heterocycles. The Morgan fingerprint density at radius 2 is 2.07 bits per heavy atom. The Kier molecular flexibility index (Phi) is 3.66. The lowest BCUT2D eigenvalue weighted by atomic mass is 9.98. The number of hydrogen-bond donors (Lipinski definition) is 0. The highest BCUT2D eigenvalue weighted by Crippen LogP contribution is 2.38. The van der Waals surface area contributed by atoms with Gasteiger partial charge in [0.15, 0.2) is 6.29 Å². The van der Waals surface area contributed by atoms with Crippen molar-refractivity contribution in [3.05, 3.63) is 0 Å². The highest BCUT2D eigenvalue weighted by Gasteiger charge is 2.37. The molecule has 1 saturated carbocycles. The molecular formula is C13H20O2. The van der Waals surface area contributed by atoms with Gasteiger partial charge in [-0.1, -0.05) is 12.8 Å². The van der Waals surface area contributed by atoms with Gasteiger partial charge in [0, 0.05) is 13.0 Å². The van der Waals surface area contributed by atoms with E-state index < -0.39 is 0 Å². The molecule has 1 unspecified atom stereocenters. The molecule has 2 nitrogen and oxygen atoms in total. The predicted molar refractivity (Wildman–Crippen MR) is 59.3 cm³/mol. The fourth-order valence-electron chi connectivity index (χ4n) is 2.62. The van der Waals surface area contributed by atoms with E-state index in [4.69, 9.17) is 15.9 Å². The normalized spacial score (nSPS) is 29.9. The molecule has 0 spiro atoms.